The SMILES string of the molecule is CC1OC[C@]2(C[C@H]3O[C@]2(C)n2c4ccccc4c4c5c(c6c7ccccc7n3c6c42)C(=O)NC5)O1. The van der Waals surface area contributed by atoms with Crippen LogP contribution in [0.4, 0.5) is 0 Å². The van der Waals surface area contributed by atoms with Gasteiger partial charge in [0.15, 0.2) is 12.0 Å². The van der Waals surface area contributed by atoms with Crippen molar-refractivity contribution < 1.29 is 19.0 Å². The van der Waals surface area contributed by atoms with Gasteiger partial charge in [-0.15, -0.1) is 0 Å². The molecule has 9 rings (SSSR count). The van der Waals surface area contributed by atoms with Gasteiger partial charge in [-0.2, -0.15) is 0 Å². The third-order valence-electron chi connectivity index (χ3n) is 8.89. The van der Waals surface area contributed by atoms with Crippen molar-refractivity contribution in [3.05, 3.63) is 59.7 Å². The molecule has 174 valence electrons. The summed E-state index contributed by atoms with van der Waals surface area (Å²) in [6, 6.07) is 16.8. The molecule has 1 amide bonds. The Morgan fingerprint density at radius 3 is 2.49 bits per heavy atom. The minimum absolute atomic E-state index is 0.000919. The Bertz CT molecular complexity index is 1820. The van der Waals surface area contributed by atoms with E-state index in [9.17, 15) is 4.79 Å². The first-order chi connectivity index (χ1) is 17.0. The molecule has 2 fully saturated rings. The number of aromatic nitrogens is 2. The lowest BCUT2D eigenvalue weighted by molar-refractivity contribution is -0.190. The molecular weight excluding hydrogens is 442 g/mol. The molecule has 2 bridgehead atoms. The van der Waals surface area contributed by atoms with E-state index in [0.29, 0.717) is 19.6 Å². The molecule has 6 heterocycles. The predicted octanol–water partition coefficient (Wildman–Crippen LogP) is 4.88. The molecule has 1 unspecified atom stereocenters. The van der Waals surface area contributed by atoms with Crippen LogP contribution in [0.2, 0.25) is 0 Å². The molecule has 3 aromatic carbocycles. The van der Waals surface area contributed by atoms with Gasteiger partial charge in [-0.25, -0.2) is 0 Å². The Hall–Kier alpha value is -3.39. The lowest BCUT2D eigenvalue weighted by atomic mass is 9.89. The summed E-state index contributed by atoms with van der Waals surface area (Å²) in [6.07, 6.45) is 0.120. The summed E-state index contributed by atoms with van der Waals surface area (Å²) in [5.74, 6) is 0.000919. The molecule has 2 saturated heterocycles. The summed E-state index contributed by atoms with van der Waals surface area (Å²) in [5.41, 5.74) is 4.80. The minimum atomic E-state index is -0.791. The maximum Gasteiger partial charge on any atom is 0.252 e. The normalized spacial score (nSPS) is 31.0. The fraction of sp³-hybridized carbons (Fsp3) is 0.321. The lowest BCUT2D eigenvalue weighted by Crippen LogP contribution is -2.52. The number of ether oxygens (including phenoxy) is 3. The number of amides is 1. The van der Waals surface area contributed by atoms with Crippen molar-refractivity contribution in [1.29, 1.82) is 0 Å². The van der Waals surface area contributed by atoms with Crippen molar-refractivity contribution in [1.82, 2.24) is 14.5 Å². The van der Waals surface area contributed by atoms with Crippen LogP contribution in [0.25, 0.3) is 43.6 Å². The van der Waals surface area contributed by atoms with Gasteiger partial charge in [0.05, 0.1) is 34.2 Å². The number of para-hydroxylation sites is 2. The van der Waals surface area contributed by atoms with Crippen LogP contribution in [0.3, 0.4) is 0 Å². The highest BCUT2D eigenvalue weighted by Gasteiger charge is 2.65. The highest BCUT2D eigenvalue weighted by atomic mass is 16.7. The second kappa shape index (κ2) is 5.70. The molecular formula is C28H23N3O4. The van der Waals surface area contributed by atoms with E-state index in [2.05, 4.69) is 63.8 Å². The van der Waals surface area contributed by atoms with Crippen molar-refractivity contribution in [2.45, 2.75) is 50.7 Å². The molecule has 4 atom stereocenters. The quantitative estimate of drug-likeness (QED) is 0.354. The van der Waals surface area contributed by atoms with Gasteiger partial charge in [-0.1, -0.05) is 36.4 Å². The van der Waals surface area contributed by atoms with Gasteiger partial charge in [0.1, 0.15) is 11.8 Å². The van der Waals surface area contributed by atoms with E-state index in [1.54, 1.807) is 0 Å². The van der Waals surface area contributed by atoms with Gasteiger partial charge < -0.3 is 28.7 Å². The Labute approximate surface area is 200 Å². The minimum Gasteiger partial charge on any atom is -0.350 e. The summed E-state index contributed by atoms with van der Waals surface area (Å²) >= 11 is 0. The first kappa shape index (κ1) is 18.9. The van der Waals surface area contributed by atoms with E-state index in [0.717, 1.165) is 54.7 Å². The number of nitrogens with zero attached hydrogens (tertiary/aromatic N) is 2. The highest BCUT2D eigenvalue weighted by Crippen LogP contribution is 2.59. The number of rotatable bonds is 0. The number of carbonyl (C=O) groups is 1. The fourth-order valence-corrected chi connectivity index (χ4v) is 7.50. The first-order valence-electron chi connectivity index (χ1n) is 12.3. The van der Waals surface area contributed by atoms with Crippen LogP contribution in [-0.4, -0.2) is 33.5 Å². The van der Waals surface area contributed by atoms with Gasteiger partial charge in [0, 0.05) is 34.5 Å². The van der Waals surface area contributed by atoms with Crippen molar-refractivity contribution in [2.24, 2.45) is 0 Å². The van der Waals surface area contributed by atoms with Gasteiger partial charge in [-0.05, 0) is 31.5 Å². The molecule has 0 radical (unpaired) electrons. The smallest absolute Gasteiger partial charge is 0.252 e. The average Bonchev–Trinajstić information content (AvgIpc) is 3.62. The van der Waals surface area contributed by atoms with Crippen molar-refractivity contribution in [3.8, 4) is 0 Å². The van der Waals surface area contributed by atoms with Gasteiger partial charge in [-0.3, -0.25) is 4.79 Å². The second-order valence-electron chi connectivity index (χ2n) is 10.5. The second-order valence-corrected chi connectivity index (χ2v) is 10.5. The van der Waals surface area contributed by atoms with Gasteiger partial charge >= 0.3 is 0 Å². The van der Waals surface area contributed by atoms with Crippen LogP contribution in [0.1, 0.15) is 42.4 Å². The molecule has 4 aliphatic rings. The fourth-order valence-electron chi connectivity index (χ4n) is 7.50. The molecule has 7 heteroatoms. The summed E-state index contributed by atoms with van der Waals surface area (Å²) in [4.78, 5) is 13.3. The van der Waals surface area contributed by atoms with Crippen LogP contribution < -0.4 is 5.32 Å². The van der Waals surface area contributed by atoms with E-state index in [1.165, 1.54) is 0 Å². The Morgan fingerprint density at radius 1 is 0.971 bits per heavy atom. The number of fused-ring (bicyclic) bond motifs is 14. The van der Waals surface area contributed by atoms with Crippen LogP contribution in [-0.2, 0) is 26.5 Å². The number of hydrogen-bond acceptors (Lipinski definition) is 4. The highest BCUT2D eigenvalue weighted by molar-refractivity contribution is 6.31. The van der Waals surface area contributed by atoms with E-state index in [1.807, 2.05) is 13.0 Å². The predicted molar refractivity (Wildman–Crippen MR) is 131 cm³/mol. The summed E-state index contributed by atoms with van der Waals surface area (Å²) < 4.78 is 24.4. The lowest BCUT2D eigenvalue weighted by Gasteiger charge is -2.39. The zero-order valence-corrected chi connectivity index (χ0v) is 19.4. The van der Waals surface area contributed by atoms with Crippen molar-refractivity contribution in [2.75, 3.05) is 6.61 Å². The number of nitrogens with one attached hydrogen (secondary N) is 1. The third kappa shape index (κ3) is 1.87. The Morgan fingerprint density at radius 2 is 1.71 bits per heavy atom. The summed E-state index contributed by atoms with van der Waals surface area (Å²) in [7, 11) is 0. The molecule has 5 aromatic rings. The van der Waals surface area contributed by atoms with Gasteiger partial charge in [0.25, 0.3) is 5.91 Å². The zero-order chi connectivity index (χ0) is 23.3. The number of hydrogen-bond donors (Lipinski definition) is 1. The van der Waals surface area contributed by atoms with Crippen LogP contribution in [0.15, 0.2) is 48.5 Å². The molecule has 0 saturated carbocycles. The van der Waals surface area contributed by atoms with Gasteiger partial charge in [0.2, 0.25) is 0 Å². The maximum absolute atomic E-state index is 13.3. The van der Waals surface area contributed by atoms with Crippen LogP contribution >= 0.6 is 0 Å². The van der Waals surface area contributed by atoms with E-state index in [-0.39, 0.29) is 18.4 Å². The average molecular weight is 466 g/mol. The standard InChI is InChI=1S/C28H23N3O4/c1-14-33-13-28(34-14)11-20-30-18-9-5-3-7-15(18)22-23-17(12-29-26(23)32)21-16-8-4-6-10-19(16)31(25(21)24(22)30)27(28,2)35-20/h3-10,14,20H,11-13H2,1-2H3,(H,29,32)/t14?,20-,27+,28+/m1/s1. The summed E-state index contributed by atoms with van der Waals surface area (Å²) in [5, 5.41) is 7.49. The van der Waals surface area contributed by atoms with E-state index < -0.39 is 11.3 Å². The summed E-state index contributed by atoms with van der Waals surface area (Å²) in [6.45, 7) is 5.10. The van der Waals surface area contributed by atoms with E-state index >= 15 is 0 Å². The molecule has 4 aliphatic heterocycles. The third-order valence-corrected chi connectivity index (χ3v) is 8.89. The molecule has 1 spiro atoms. The molecule has 35 heavy (non-hydrogen) atoms. The number of carbonyl (C=O) groups excluding carboxylic acids is 1. The monoisotopic (exact) mass is 465 g/mol. The number of benzene rings is 3. The maximum atomic E-state index is 13.3. The Kier molecular flexibility index (Phi) is 3.07. The molecule has 7 nitrogen and oxygen atoms in total. The van der Waals surface area contributed by atoms with Crippen molar-refractivity contribution in [3.63, 3.8) is 0 Å². The van der Waals surface area contributed by atoms with Crippen LogP contribution in [0, 0.1) is 0 Å². The topological polar surface area (TPSA) is 66.7 Å². The first-order valence-corrected chi connectivity index (χ1v) is 12.3. The van der Waals surface area contributed by atoms with Crippen LogP contribution in [0.5, 0.6) is 0 Å². The molecule has 1 N–H and O–H groups in total. The Balaban J connectivity index is 1.61. The van der Waals surface area contributed by atoms with Crippen molar-refractivity contribution >= 4 is 49.5 Å². The molecule has 2 aromatic heterocycles. The zero-order valence-electron chi connectivity index (χ0n) is 19.4. The molecule has 0 aliphatic carbocycles. The largest absolute Gasteiger partial charge is 0.350 e. The van der Waals surface area contributed by atoms with E-state index in [4.69, 9.17) is 14.2 Å².